The molecule has 0 saturated heterocycles. The molecule has 0 aliphatic rings. The van der Waals surface area contributed by atoms with E-state index >= 15 is 0 Å². The second-order valence-corrected chi connectivity index (χ2v) is 13.8. The lowest BCUT2D eigenvalue weighted by molar-refractivity contribution is 0.170. The van der Waals surface area contributed by atoms with E-state index in [-0.39, 0.29) is 0 Å². The van der Waals surface area contributed by atoms with Gasteiger partial charge in [-0.25, -0.2) is 0 Å². The van der Waals surface area contributed by atoms with Crippen LogP contribution in [0.4, 0.5) is 0 Å². The highest BCUT2D eigenvalue weighted by atomic mass is 28.4. The maximum absolute atomic E-state index is 6.27. The van der Waals surface area contributed by atoms with Gasteiger partial charge in [-0.2, -0.15) is 0 Å². The monoisotopic (exact) mass is 397 g/mol. The lowest BCUT2D eigenvalue weighted by atomic mass is 9.85. The van der Waals surface area contributed by atoms with Crippen LogP contribution in [0.2, 0.25) is 19.6 Å². The normalized spacial score (nSPS) is 13.5. The Hall–Kier alpha value is -1.42. The molecule has 3 heteroatoms. The zero-order valence-electron chi connectivity index (χ0n) is 18.9. The van der Waals surface area contributed by atoms with E-state index < -0.39 is 8.32 Å². The maximum atomic E-state index is 6.27. The van der Waals surface area contributed by atoms with Gasteiger partial charge in [-0.05, 0) is 77.0 Å². The Morgan fingerprint density at radius 3 is 1.96 bits per heavy atom. The number of hydrogen-bond donors (Lipinski definition) is 0. The summed E-state index contributed by atoms with van der Waals surface area (Å²) in [5, 5.41) is 0. The quantitative estimate of drug-likeness (QED) is 0.415. The summed E-state index contributed by atoms with van der Waals surface area (Å²) in [5.74, 6) is 0.391. The van der Waals surface area contributed by atoms with E-state index in [9.17, 15) is 0 Å². The van der Waals surface area contributed by atoms with Crippen LogP contribution in [0.15, 0.2) is 54.6 Å². The Kier molecular flexibility index (Phi) is 8.48. The van der Waals surface area contributed by atoms with Crippen molar-refractivity contribution in [2.24, 2.45) is 0 Å². The van der Waals surface area contributed by atoms with Gasteiger partial charge in [0.1, 0.15) is 0 Å². The molecule has 0 N–H and O–H groups in total. The van der Waals surface area contributed by atoms with Crippen molar-refractivity contribution in [3.63, 3.8) is 0 Å². The Morgan fingerprint density at radius 2 is 1.39 bits per heavy atom. The molecule has 1 unspecified atom stereocenters. The van der Waals surface area contributed by atoms with Crippen molar-refractivity contribution in [3.8, 4) is 0 Å². The second kappa shape index (κ2) is 10.4. The van der Waals surface area contributed by atoms with Crippen molar-refractivity contribution in [1.82, 2.24) is 4.90 Å². The third-order valence-electron chi connectivity index (χ3n) is 5.30. The van der Waals surface area contributed by atoms with Crippen LogP contribution in [0.5, 0.6) is 0 Å². The third kappa shape index (κ3) is 6.88. The fourth-order valence-electron chi connectivity index (χ4n) is 3.88. The van der Waals surface area contributed by atoms with E-state index in [2.05, 4.69) is 107 Å². The number of benzene rings is 2. The van der Waals surface area contributed by atoms with E-state index in [0.717, 1.165) is 13.0 Å². The molecule has 0 aliphatic carbocycles. The molecule has 0 fully saturated rings. The van der Waals surface area contributed by atoms with Gasteiger partial charge < -0.3 is 4.43 Å². The van der Waals surface area contributed by atoms with Crippen LogP contribution in [-0.2, 0) is 11.0 Å². The smallest absolute Gasteiger partial charge is 0.184 e. The fourth-order valence-corrected chi connectivity index (χ4v) is 4.47. The highest BCUT2D eigenvalue weighted by molar-refractivity contribution is 6.69. The number of rotatable bonds is 10. The summed E-state index contributed by atoms with van der Waals surface area (Å²) in [6.45, 7) is 17.8. The van der Waals surface area contributed by atoms with E-state index in [1.807, 2.05) is 0 Å². The number of nitrogens with zero attached hydrogens (tertiary/aromatic N) is 1. The van der Waals surface area contributed by atoms with Crippen LogP contribution in [0, 0.1) is 0 Å². The molecule has 0 saturated carbocycles. The first-order valence-electron chi connectivity index (χ1n) is 10.7. The Balaban J connectivity index is 2.33. The van der Waals surface area contributed by atoms with E-state index in [1.54, 1.807) is 0 Å². The summed E-state index contributed by atoms with van der Waals surface area (Å²) in [6.07, 6.45) is 1.12. The zero-order valence-corrected chi connectivity index (χ0v) is 19.9. The first-order chi connectivity index (χ1) is 13.2. The van der Waals surface area contributed by atoms with Crippen LogP contribution in [0.25, 0.3) is 0 Å². The molecule has 2 aromatic rings. The molecule has 2 rings (SSSR count). The van der Waals surface area contributed by atoms with Gasteiger partial charge in [0.05, 0.1) is 6.61 Å². The third-order valence-corrected chi connectivity index (χ3v) is 6.31. The highest BCUT2D eigenvalue weighted by Crippen LogP contribution is 2.32. The molecule has 0 heterocycles. The zero-order chi connectivity index (χ0) is 20.7. The SMILES string of the molecule is CC(C)N(CCC(c1ccccc1)c1ccccc1CO[Si](C)(C)C)C(C)C. The molecular formula is C25H39NOSi. The molecule has 2 aromatic carbocycles. The molecule has 0 amide bonds. The predicted molar refractivity (Wildman–Crippen MR) is 124 cm³/mol. The van der Waals surface area contributed by atoms with E-state index in [4.69, 9.17) is 4.43 Å². The average molecular weight is 398 g/mol. The average Bonchev–Trinajstić information content (AvgIpc) is 2.63. The second-order valence-electron chi connectivity index (χ2n) is 9.28. The summed E-state index contributed by atoms with van der Waals surface area (Å²) < 4.78 is 6.27. The summed E-state index contributed by atoms with van der Waals surface area (Å²) in [5.41, 5.74) is 4.15. The van der Waals surface area contributed by atoms with Crippen molar-refractivity contribution in [2.75, 3.05) is 6.54 Å². The van der Waals surface area contributed by atoms with E-state index in [0.29, 0.717) is 24.6 Å². The van der Waals surface area contributed by atoms with Crippen molar-refractivity contribution in [2.45, 2.75) is 78.4 Å². The largest absolute Gasteiger partial charge is 0.413 e. The van der Waals surface area contributed by atoms with E-state index in [1.165, 1.54) is 16.7 Å². The minimum atomic E-state index is -1.55. The molecule has 0 bridgehead atoms. The molecule has 0 spiro atoms. The van der Waals surface area contributed by atoms with Crippen LogP contribution >= 0.6 is 0 Å². The highest BCUT2D eigenvalue weighted by Gasteiger charge is 2.22. The molecule has 1 atom stereocenters. The lowest BCUT2D eigenvalue weighted by Crippen LogP contribution is -2.38. The number of hydrogen-bond acceptors (Lipinski definition) is 2. The lowest BCUT2D eigenvalue weighted by Gasteiger charge is -2.32. The topological polar surface area (TPSA) is 12.5 Å². The minimum absolute atomic E-state index is 0.391. The van der Waals surface area contributed by atoms with Crippen LogP contribution in [0.3, 0.4) is 0 Å². The minimum Gasteiger partial charge on any atom is -0.413 e. The molecule has 0 aromatic heterocycles. The van der Waals surface area contributed by atoms with Gasteiger partial charge in [0.25, 0.3) is 0 Å². The summed E-state index contributed by atoms with van der Waals surface area (Å²) in [6, 6.07) is 20.9. The molecule has 0 aliphatic heterocycles. The first-order valence-corrected chi connectivity index (χ1v) is 14.1. The Labute approximate surface area is 174 Å². The fraction of sp³-hybridized carbons (Fsp3) is 0.520. The van der Waals surface area contributed by atoms with Crippen molar-refractivity contribution in [1.29, 1.82) is 0 Å². The maximum Gasteiger partial charge on any atom is 0.184 e. The Bertz CT molecular complexity index is 698. The van der Waals surface area contributed by atoms with Crippen LogP contribution < -0.4 is 0 Å². The van der Waals surface area contributed by atoms with Gasteiger partial charge in [-0.15, -0.1) is 0 Å². The van der Waals surface area contributed by atoms with Crippen molar-refractivity contribution >= 4 is 8.32 Å². The molecule has 154 valence electrons. The van der Waals surface area contributed by atoms with Gasteiger partial charge in [0.15, 0.2) is 8.32 Å². The van der Waals surface area contributed by atoms with Crippen molar-refractivity contribution < 1.29 is 4.43 Å². The van der Waals surface area contributed by atoms with Crippen LogP contribution in [-0.4, -0.2) is 31.8 Å². The predicted octanol–water partition coefficient (Wildman–Crippen LogP) is 6.68. The molecule has 0 radical (unpaired) electrons. The summed E-state index contributed by atoms with van der Waals surface area (Å²) in [7, 11) is -1.55. The van der Waals surface area contributed by atoms with Gasteiger partial charge in [0.2, 0.25) is 0 Å². The van der Waals surface area contributed by atoms with Gasteiger partial charge in [-0.3, -0.25) is 4.90 Å². The molecule has 28 heavy (non-hydrogen) atoms. The molecular weight excluding hydrogens is 358 g/mol. The first kappa shape index (κ1) is 22.9. The standard InChI is InChI=1S/C25H39NOSi/c1-20(2)26(21(3)4)18-17-25(22-13-9-8-10-14-22)24-16-12-11-15-23(24)19-27-28(5,6)7/h8-16,20-21,25H,17-19H2,1-7H3. The van der Waals surface area contributed by atoms with Crippen molar-refractivity contribution in [3.05, 3.63) is 71.3 Å². The summed E-state index contributed by atoms with van der Waals surface area (Å²) >= 11 is 0. The van der Waals surface area contributed by atoms with Crippen LogP contribution in [0.1, 0.15) is 56.7 Å². The molecule has 2 nitrogen and oxygen atoms in total. The Morgan fingerprint density at radius 1 is 0.821 bits per heavy atom. The van der Waals surface area contributed by atoms with Gasteiger partial charge >= 0.3 is 0 Å². The van der Waals surface area contributed by atoms with Gasteiger partial charge in [0, 0.05) is 18.0 Å². The van der Waals surface area contributed by atoms with Gasteiger partial charge in [-0.1, -0.05) is 54.6 Å². The summed E-state index contributed by atoms with van der Waals surface area (Å²) in [4.78, 5) is 2.59.